The number of unbranched alkanes of at least 4 members (excludes halogenated alkanes) is 2. The summed E-state index contributed by atoms with van der Waals surface area (Å²) in [5, 5.41) is 0. The molecule has 0 aliphatic rings. The summed E-state index contributed by atoms with van der Waals surface area (Å²) in [6, 6.07) is 9.93. The van der Waals surface area contributed by atoms with Crippen molar-refractivity contribution < 1.29 is 9.53 Å². The van der Waals surface area contributed by atoms with Gasteiger partial charge in [-0.3, -0.25) is 4.79 Å². The zero-order valence-corrected chi connectivity index (χ0v) is 12.8. The highest BCUT2D eigenvalue weighted by Gasteiger charge is 2.10. The zero-order chi connectivity index (χ0) is 15.3. The summed E-state index contributed by atoms with van der Waals surface area (Å²) < 4.78 is 5.04. The Labute approximate surface area is 127 Å². The van der Waals surface area contributed by atoms with Gasteiger partial charge in [0, 0.05) is 12.2 Å². The third-order valence-electron chi connectivity index (χ3n) is 3.02. The first kappa shape index (κ1) is 17.0. The SMILES string of the molecule is C=CCCCC=CCN(CC(=O)OCC)c1ccccc1. The molecular formula is C18H25NO2. The number of rotatable bonds is 10. The highest BCUT2D eigenvalue weighted by molar-refractivity contribution is 5.75. The number of carbonyl (C=O) groups excluding carboxylic acids is 1. The largest absolute Gasteiger partial charge is 0.465 e. The lowest BCUT2D eigenvalue weighted by Crippen LogP contribution is -2.31. The summed E-state index contributed by atoms with van der Waals surface area (Å²) in [4.78, 5) is 13.7. The molecular weight excluding hydrogens is 262 g/mol. The number of nitrogens with zero attached hydrogens (tertiary/aromatic N) is 1. The third-order valence-corrected chi connectivity index (χ3v) is 3.02. The van der Waals surface area contributed by atoms with Crippen LogP contribution in [0.25, 0.3) is 0 Å². The minimum atomic E-state index is -0.193. The molecule has 0 aliphatic heterocycles. The van der Waals surface area contributed by atoms with E-state index in [2.05, 4.69) is 18.7 Å². The van der Waals surface area contributed by atoms with Gasteiger partial charge in [-0.15, -0.1) is 6.58 Å². The molecule has 0 unspecified atom stereocenters. The number of anilines is 1. The molecule has 3 heteroatoms. The number of hydrogen-bond donors (Lipinski definition) is 0. The average Bonchev–Trinajstić information content (AvgIpc) is 2.50. The topological polar surface area (TPSA) is 29.5 Å². The lowest BCUT2D eigenvalue weighted by Gasteiger charge is -2.22. The van der Waals surface area contributed by atoms with Crippen LogP contribution in [-0.4, -0.2) is 25.7 Å². The average molecular weight is 287 g/mol. The van der Waals surface area contributed by atoms with E-state index < -0.39 is 0 Å². The van der Waals surface area contributed by atoms with Gasteiger partial charge in [-0.05, 0) is 38.3 Å². The normalized spacial score (nSPS) is 10.5. The Balaban J connectivity index is 2.56. The first-order valence-corrected chi connectivity index (χ1v) is 7.49. The molecule has 0 heterocycles. The van der Waals surface area contributed by atoms with Crippen LogP contribution in [0.3, 0.4) is 0 Å². The number of hydrogen-bond acceptors (Lipinski definition) is 3. The molecule has 0 amide bonds. The number of esters is 1. The van der Waals surface area contributed by atoms with Crippen molar-refractivity contribution in [3.63, 3.8) is 0 Å². The summed E-state index contributed by atoms with van der Waals surface area (Å²) in [5.74, 6) is -0.193. The van der Waals surface area contributed by atoms with Crippen molar-refractivity contribution in [3.8, 4) is 0 Å². The van der Waals surface area contributed by atoms with Gasteiger partial charge in [0.15, 0.2) is 0 Å². The van der Waals surface area contributed by atoms with E-state index in [4.69, 9.17) is 4.74 Å². The van der Waals surface area contributed by atoms with Crippen molar-refractivity contribution in [2.75, 3.05) is 24.6 Å². The summed E-state index contributed by atoms with van der Waals surface area (Å²) in [6.07, 6.45) is 9.39. The van der Waals surface area contributed by atoms with Gasteiger partial charge in [-0.1, -0.05) is 36.4 Å². The number of benzene rings is 1. The molecule has 0 saturated heterocycles. The molecule has 0 saturated carbocycles. The van der Waals surface area contributed by atoms with Crippen molar-refractivity contribution >= 4 is 11.7 Å². The maximum absolute atomic E-state index is 11.7. The minimum Gasteiger partial charge on any atom is -0.465 e. The first-order valence-electron chi connectivity index (χ1n) is 7.49. The molecule has 0 aromatic heterocycles. The second-order valence-electron chi connectivity index (χ2n) is 4.71. The summed E-state index contributed by atoms with van der Waals surface area (Å²) >= 11 is 0. The standard InChI is InChI=1S/C18H25NO2/c1-3-5-6-7-8-12-15-19(16-18(20)21-4-2)17-13-10-9-11-14-17/h3,8-14H,1,4-7,15-16H2,2H3. The molecule has 0 radical (unpaired) electrons. The van der Waals surface area contributed by atoms with Crippen LogP contribution in [0, 0.1) is 0 Å². The Morgan fingerprint density at radius 3 is 2.67 bits per heavy atom. The Morgan fingerprint density at radius 2 is 2.00 bits per heavy atom. The summed E-state index contributed by atoms with van der Waals surface area (Å²) in [5.41, 5.74) is 1.03. The van der Waals surface area contributed by atoms with Crippen LogP contribution in [0.2, 0.25) is 0 Å². The fourth-order valence-electron chi connectivity index (χ4n) is 1.96. The molecule has 21 heavy (non-hydrogen) atoms. The fourth-order valence-corrected chi connectivity index (χ4v) is 1.96. The van der Waals surface area contributed by atoms with E-state index in [0.717, 1.165) is 24.9 Å². The zero-order valence-electron chi connectivity index (χ0n) is 12.8. The van der Waals surface area contributed by atoms with Crippen molar-refractivity contribution in [1.82, 2.24) is 0 Å². The van der Waals surface area contributed by atoms with Crippen molar-refractivity contribution in [1.29, 1.82) is 0 Å². The lowest BCUT2D eigenvalue weighted by atomic mass is 10.2. The van der Waals surface area contributed by atoms with Crippen LogP contribution >= 0.6 is 0 Å². The molecule has 0 bridgehead atoms. The molecule has 1 aromatic carbocycles. The molecule has 0 atom stereocenters. The van der Waals surface area contributed by atoms with E-state index in [1.54, 1.807) is 0 Å². The molecule has 114 valence electrons. The number of carbonyl (C=O) groups is 1. The maximum Gasteiger partial charge on any atom is 0.325 e. The monoisotopic (exact) mass is 287 g/mol. The van der Waals surface area contributed by atoms with E-state index in [1.807, 2.05) is 48.2 Å². The van der Waals surface area contributed by atoms with Crippen molar-refractivity contribution in [2.24, 2.45) is 0 Å². The van der Waals surface area contributed by atoms with E-state index in [1.165, 1.54) is 0 Å². The van der Waals surface area contributed by atoms with Gasteiger partial charge in [-0.25, -0.2) is 0 Å². The quantitative estimate of drug-likeness (QED) is 0.370. The molecule has 0 fully saturated rings. The second-order valence-corrected chi connectivity index (χ2v) is 4.71. The van der Waals surface area contributed by atoms with Crippen LogP contribution in [0.1, 0.15) is 26.2 Å². The van der Waals surface area contributed by atoms with Gasteiger partial charge in [0.25, 0.3) is 0 Å². The number of allylic oxidation sites excluding steroid dienone is 2. The summed E-state index contributed by atoms with van der Waals surface area (Å²) in [7, 11) is 0. The highest BCUT2D eigenvalue weighted by Crippen LogP contribution is 2.13. The van der Waals surface area contributed by atoms with E-state index in [-0.39, 0.29) is 12.5 Å². The molecule has 0 N–H and O–H groups in total. The van der Waals surface area contributed by atoms with Gasteiger partial charge in [-0.2, -0.15) is 0 Å². The fraction of sp³-hybridized carbons (Fsp3) is 0.389. The van der Waals surface area contributed by atoms with Crippen molar-refractivity contribution in [3.05, 3.63) is 55.1 Å². The van der Waals surface area contributed by atoms with Gasteiger partial charge in [0.1, 0.15) is 6.54 Å². The molecule has 0 spiro atoms. The Morgan fingerprint density at radius 1 is 1.24 bits per heavy atom. The molecule has 0 aliphatic carbocycles. The minimum absolute atomic E-state index is 0.193. The Hall–Kier alpha value is -2.03. The number of para-hydroxylation sites is 1. The molecule has 1 rings (SSSR count). The molecule has 1 aromatic rings. The lowest BCUT2D eigenvalue weighted by molar-refractivity contribution is -0.141. The molecule has 3 nitrogen and oxygen atoms in total. The van der Waals surface area contributed by atoms with Gasteiger partial charge in [0.05, 0.1) is 6.61 Å². The van der Waals surface area contributed by atoms with Crippen molar-refractivity contribution in [2.45, 2.75) is 26.2 Å². The van der Waals surface area contributed by atoms with E-state index >= 15 is 0 Å². The summed E-state index contributed by atoms with van der Waals surface area (Å²) in [6.45, 7) is 6.93. The van der Waals surface area contributed by atoms with Crippen LogP contribution in [-0.2, 0) is 9.53 Å². The van der Waals surface area contributed by atoms with Crippen LogP contribution in [0.5, 0.6) is 0 Å². The maximum atomic E-state index is 11.7. The van der Waals surface area contributed by atoms with Crippen LogP contribution < -0.4 is 4.90 Å². The van der Waals surface area contributed by atoms with Crippen LogP contribution in [0.15, 0.2) is 55.1 Å². The van der Waals surface area contributed by atoms with Crippen LogP contribution in [0.4, 0.5) is 5.69 Å². The Bertz CT molecular complexity index is 440. The predicted octanol–water partition coefficient (Wildman–Crippen LogP) is 3.97. The number of ether oxygens (including phenoxy) is 1. The predicted molar refractivity (Wildman–Crippen MR) is 88.5 cm³/mol. The smallest absolute Gasteiger partial charge is 0.325 e. The van der Waals surface area contributed by atoms with E-state index in [0.29, 0.717) is 13.2 Å². The van der Waals surface area contributed by atoms with E-state index in [9.17, 15) is 4.79 Å². The highest BCUT2D eigenvalue weighted by atomic mass is 16.5. The Kier molecular flexibility index (Phi) is 8.69. The second kappa shape index (κ2) is 10.7. The first-order chi connectivity index (χ1) is 10.3. The van der Waals surface area contributed by atoms with Gasteiger partial charge in [0.2, 0.25) is 0 Å². The third kappa shape index (κ3) is 7.35. The van der Waals surface area contributed by atoms with Gasteiger partial charge >= 0.3 is 5.97 Å². The van der Waals surface area contributed by atoms with Gasteiger partial charge < -0.3 is 9.64 Å².